The van der Waals surface area contributed by atoms with Gasteiger partial charge >= 0.3 is 18.5 Å². The van der Waals surface area contributed by atoms with Crippen LogP contribution in [-0.4, -0.2) is 24.9 Å². The van der Waals surface area contributed by atoms with E-state index >= 15 is 0 Å². The van der Waals surface area contributed by atoms with E-state index < -0.39 is 41.3 Å². The molecule has 0 radical (unpaired) electrons. The minimum absolute atomic E-state index is 0.294. The third kappa shape index (κ3) is 5.10. The lowest BCUT2D eigenvalue weighted by molar-refractivity contribution is -0.141. The van der Waals surface area contributed by atoms with Crippen molar-refractivity contribution in [3.8, 4) is 34.3 Å². The number of imidazole rings is 1. The van der Waals surface area contributed by atoms with Gasteiger partial charge in [-0.25, -0.2) is 19.9 Å². The molecule has 4 rings (SSSR count). The Balaban J connectivity index is 1.93. The first-order valence-corrected chi connectivity index (χ1v) is 9.47. The zero-order valence-corrected chi connectivity index (χ0v) is 16.9. The van der Waals surface area contributed by atoms with Crippen molar-refractivity contribution in [1.82, 2.24) is 24.9 Å². The first kappa shape index (κ1) is 24.2. The molecular weight excluding hydrogens is 493 g/mol. The second-order valence-electron chi connectivity index (χ2n) is 7.03. The molecule has 1 N–H and O–H groups in total. The maximum atomic E-state index is 13.2. The smallest absolute Gasteiger partial charge is 0.335 e. The molecule has 0 amide bonds. The van der Waals surface area contributed by atoms with Crippen LogP contribution in [0.1, 0.15) is 17.1 Å². The maximum absolute atomic E-state index is 13.2. The molecule has 0 spiro atoms. The van der Waals surface area contributed by atoms with E-state index in [9.17, 15) is 39.5 Å². The Morgan fingerprint density at radius 3 is 1.37 bits per heavy atom. The molecule has 0 aromatic carbocycles. The third-order valence-electron chi connectivity index (χ3n) is 4.56. The molecule has 0 aliphatic heterocycles. The molecule has 182 valence electrons. The van der Waals surface area contributed by atoms with Gasteiger partial charge in [0.25, 0.3) is 0 Å². The van der Waals surface area contributed by atoms with Crippen molar-refractivity contribution in [1.29, 1.82) is 0 Å². The Kier molecular flexibility index (Phi) is 5.77. The van der Waals surface area contributed by atoms with Crippen LogP contribution in [0.15, 0.2) is 54.6 Å². The van der Waals surface area contributed by atoms with Crippen molar-refractivity contribution in [3.63, 3.8) is 0 Å². The van der Waals surface area contributed by atoms with E-state index in [1.165, 1.54) is 0 Å². The summed E-state index contributed by atoms with van der Waals surface area (Å²) in [5, 5.41) is 0. The molecular formula is C21H10F9N5. The summed E-state index contributed by atoms with van der Waals surface area (Å²) in [5.41, 5.74) is -5.67. The van der Waals surface area contributed by atoms with E-state index in [-0.39, 0.29) is 28.6 Å². The Hall–Kier alpha value is -3.97. The second-order valence-corrected chi connectivity index (χ2v) is 7.03. The minimum Gasteiger partial charge on any atom is -0.335 e. The van der Waals surface area contributed by atoms with Gasteiger partial charge in [0.05, 0.1) is 17.1 Å². The number of pyridine rings is 3. The van der Waals surface area contributed by atoms with Gasteiger partial charge in [0.1, 0.15) is 28.5 Å². The number of halogens is 9. The number of nitrogens with one attached hydrogen (secondary N) is 1. The van der Waals surface area contributed by atoms with Crippen molar-refractivity contribution in [2.45, 2.75) is 18.5 Å². The Morgan fingerprint density at radius 1 is 0.486 bits per heavy atom. The molecule has 4 heterocycles. The number of alkyl halides is 9. The van der Waals surface area contributed by atoms with Crippen molar-refractivity contribution in [2.24, 2.45) is 0 Å². The largest absolute Gasteiger partial charge is 0.433 e. The molecule has 4 aromatic heterocycles. The molecule has 5 nitrogen and oxygen atoms in total. The summed E-state index contributed by atoms with van der Waals surface area (Å²) >= 11 is 0. The Labute approximate surface area is 189 Å². The standard InChI is InChI=1S/C21H10F9N5/c22-19(23,24)13-7-1-4-10(31-13)16-17(11-5-2-8-14(32-11)20(25,26)27)35-18(34-16)12-6-3-9-15(33-12)21(28,29)30/h1-9H,(H,34,35). The first-order valence-electron chi connectivity index (χ1n) is 9.47. The highest BCUT2D eigenvalue weighted by Crippen LogP contribution is 2.36. The van der Waals surface area contributed by atoms with Crippen molar-refractivity contribution in [3.05, 3.63) is 71.7 Å². The van der Waals surface area contributed by atoms with Gasteiger partial charge in [-0.15, -0.1) is 0 Å². The maximum Gasteiger partial charge on any atom is 0.433 e. The molecule has 0 fully saturated rings. The number of hydrogen-bond donors (Lipinski definition) is 1. The van der Waals surface area contributed by atoms with Crippen LogP contribution in [0.4, 0.5) is 39.5 Å². The minimum atomic E-state index is -4.84. The number of H-pyrrole nitrogens is 1. The predicted molar refractivity (Wildman–Crippen MR) is 103 cm³/mol. The van der Waals surface area contributed by atoms with Crippen molar-refractivity contribution in [2.75, 3.05) is 0 Å². The van der Waals surface area contributed by atoms with Crippen LogP contribution < -0.4 is 0 Å². The van der Waals surface area contributed by atoms with Crippen LogP contribution in [0.25, 0.3) is 34.3 Å². The van der Waals surface area contributed by atoms with Crippen LogP contribution in [0.3, 0.4) is 0 Å². The highest BCUT2D eigenvalue weighted by Gasteiger charge is 2.35. The average Bonchev–Trinajstić information content (AvgIpc) is 3.23. The molecule has 0 aliphatic rings. The predicted octanol–water partition coefficient (Wildman–Crippen LogP) is 6.65. The molecule has 35 heavy (non-hydrogen) atoms. The lowest BCUT2D eigenvalue weighted by Gasteiger charge is -2.09. The van der Waals surface area contributed by atoms with Crippen LogP contribution >= 0.6 is 0 Å². The van der Waals surface area contributed by atoms with E-state index in [2.05, 4.69) is 24.9 Å². The lowest BCUT2D eigenvalue weighted by Crippen LogP contribution is -2.09. The molecule has 0 atom stereocenters. The summed E-state index contributed by atoms with van der Waals surface area (Å²) in [5.74, 6) is -0.348. The lowest BCUT2D eigenvalue weighted by atomic mass is 10.1. The van der Waals surface area contributed by atoms with E-state index in [0.29, 0.717) is 18.2 Å². The number of aromatic amines is 1. The van der Waals surface area contributed by atoms with Gasteiger partial charge in [-0.2, -0.15) is 39.5 Å². The van der Waals surface area contributed by atoms with Crippen LogP contribution in [0, 0.1) is 0 Å². The highest BCUT2D eigenvalue weighted by atomic mass is 19.4. The van der Waals surface area contributed by atoms with E-state index in [0.717, 1.165) is 36.4 Å². The van der Waals surface area contributed by atoms with Crippen molar-refractivity contribution >= 4 is 0 Å². The number of nitrogens with zero attached hydrogens (tertiary/aromatic N) is 4. The fraction of sp³-hybridized carbons (Fsp3) is 0.143. The molecule has 4 aromatic rings. The molecule has 0 aliphatic carbocycles. The van der Waals surface area contributed by atoms with Gasteiger partial charge in [0.2, 0.25) is 0 Å². The van der Waals surface area contributed by atoms with Gasteiger partial charge in [0.15, 0.2) is 5.82 Å². The van der Waals surface area contributed by atoms with Crippen LogP contribution in [0.5, 0.6) is 0 Å². The first-order chi connectivity index (χ1) is 16.2. The zero-order valence-electron chi connectivity index (χ0n) is 16.9. The van der Waals surface area contributed by atoms with Gasteiger partial charge in [-0.3, -0.25) is 0 Å². The van der Waals surface area contributed by atoms with Gasteiger partial charge in [-0.1, -0.05) is 18.2 Å². The number of rotatable bonds is 3. The Bertz CT molecular complexity index is 1300. The van der Waals surface area contributed by atoms with Crippen molar-refractivity contribution < 1.29 is 39.5 Å². The topological polar surface area (TPSA) is 67.3 Å². The average molecular weight is 503 g/mol. The van der Waals surface area contributed by atoms with E-state index in [4.69, 9.17) is 0 Å². The fourth-order valence-electron chi connectivity index (χ4n) is 3.05. The molecule has 0 bridgehead atoms. The van der Waals surface area contributed by atoms with Crippen LogP contribution in [0.2, 0.25) is 0 Å². The summed E-state index contributed by atoms with van der Waals surface area (Å²) in [4.78, 5) is 17.0. The molecule has 14 heteroatoms. The normalized spacial score (nSPS) is 12.7. The third-order valence-corrected chi connectivity index (χ3v) is 4.56. The van der Waals surface area contributed by atoms with Crippen LogP contribution in [-0.2, 0) is 18.5 Å². The summed E-state index contributed by atoms with van der Waals surface area (Å²) in [6.07, 6.45) is -14.5. The molecule has 0 unspecified atom stereocenters. The monoisotopic (exact) mass is 503 g/mol. The second kappa shape index (κ2) is 8.36. The van der Waals surface area contributed by atoms with E-state index in [1.54, 1.807) is 0 Å². The summed E-state index contributed by atoms with van der Waals surface area (Å²) in [6.45, 7) is 0. The highest BCUT2D eigenvalue weighted by molar-refractivity contribution is 5.77. The SMILES string of the molecule is FC(F)(F)c1cccc(-c2nc(-c3cccc(C(F)(F)F)n3)c(-c3cccc(C(F)(F)F)n3)[nH]2)n1. The van der Waals surface area contributed by atoms with Gasteiger partial charge < -0.3 is 4.98 Å². The quantitative estimate of drug-likeness (QED) is 0.318. The zero-order chi connectivity index (χ0) is 25.6. The van der Waals surface area contributed by atoms with Gasteiger partial charge in [0, 0.05) is 0 Å². The number of hydrogen-bond acceptors (Lipinski definition) is 4. The molecule has 0 saturated heterocycles. The summed E-state index contributed by atoms with van der Waals surface area (Å²) < 4.78 is 118. The van der Waals surface area contributed by atoms with E-state index in [1.807, 2.05) is 0 Å². The fourth-order valence-corrected chi connectivity index (χ4v) is 3.05. The molecule has 0 saturated carbocycles. The van der Waals surface area contributed by atoms with Gasteiger partial charge in [-0.05, 0) is 36.4 Å². The summed E-state index contributed by atoms with van der Waals surface area (Å²) in [6, 6.07) is 8.47. The Morgan fingerprint density at radius 2 is 0.886 bits per heavy atom. The summed E-state index contributed by atoms with van der Waals surface area (Å²) in [7, 11) is 0. The number of aromatic nitrogens is 5.